The molecule has 0 fully saturated rings. The highest BCUT2D eigenvalue weighted by atomic mass is 14.9. The van der Waals surface area contributed by atoms with Crippen molar-refractivity contribution in [1.29, 1.82) is 0 Å². The fraction of sp³-hybridized carbons (Fsp3) is 0.0800. The lowest BCUT2D eigenvalue weighted by Gasteiger charge is -2.20. The quantitative estimate of drug-likeness (QED) is 0.169. The minimum Gasteiger partial charge on any atom is -0.228 e. The predicted molar refractivity (Wildman–Crippen MR) is 219 cm³/mol. The van der Waals surface area contributed by atoms with E-state index >= 15 is 0 Å². The van der Waals surface area contributed by atoms with Crippen LogP contribution in [-0.4, -0.2) is 9.97 Å². The average Bonchev–Trinajstić information content (AvgIpc) is 3.21. The summed E-state index contributed by atoms with van der Waals surface area (Å²) in [5.41, 5.74) is 15.3. The fourth-order valence-electron chi connectivity index (χ4n) is 6.74. The summed E-state index contributed by atoms with van der Waals surface area (Å²) in [6.45, 7) is 6.74. The smallest absolute Gasteiger partial charge is 0.160 e. The topological polar surface area (TPSA) is 25.8 Å². The Morgan fingerprint density at radius 1 is 0.288 bits per heavy atom. The van der Waals surface area contributed by atoms with Gasteiger partial charge in [-0.05, 0) is 104 Å². The Hall–Kier alpha value is -6.38. The Labute approximate surface area is 307 Å². The van der Waals surface area contributed by atoms with E-state index in [0.29, 0.717) is 5.82 Å². The largest absolute Gasteiger partial charge is 0.228 e. The molecule has 0 atom stereocenters. The molecule has 2 nitrogen and oxygen atoms in total. The normalized spacial score (nSPS) is 11.4. The molecule has 1 aromatic heterocycles. The molecule has 0 aliphatic carbocycles. The molecule has 0 N–H and O–H groups in total. The SMILES string of the molecule is CC(C)(C)c1cccc(-c2nc(-c3cc(-c4ccccc4)cc(-c4ccccc4)c3)cc(-c3cc(-c4ccccc4)cc(-c4ccccc4)c3)n2)c1. The molecular formula is C50H40N2. The van der Waals surface area contributed by atoms with E-state index in [1.807, 2.05) is 0 Å². The number of rotatable bonds is 7. The van der Waals surface area contributed by atoms with Crippen LogP contribution in [0.1, 0.15) is 26.3 Å². The summed E-state index contributed by atoms with van der Waals surface area (Å²) < 4.78 is 0. The minimum absolute atomic E-state index is 0.0142. The highest BCUT2D eigenvalue weighted by molar-refractivity contribution is 5.84. The Morgan fingerprint density at radius 3 is 0.962 bits per heavy atom. The van der Waals surface area contributed by atoms with Gasteiger partial charge in [0.05, 0.1) is 11.4 Å². The van der Waals surface area contributed by atoms with E-state index in [-0.39, 0.29) is 5.41 Å². The highest BCUT2D eigenvalue weighted by Crippen LogP contribution is 2.37. The average molecular weight is 669 g/mol. The number of hydrogen-bond acceptors (Lipinski definition) is 2. The summed E-state index contributed by atoms with van der Waals surface area (Å²) in [6.07, 6.45) is 0. The van der Waals surface area contributed by atoms with Crippen molar-refractivity contribution in [2.75, 3.05) is 0 Å². The lowest BCUT2D eigenvalue weighted by atomic mass is 9.86. The van der Waals surface area contributed by atoms with Crippen LogP contribution in [-0.2, 0) is 5.41 Å². The first kappa shape index (κ1) is 32.8. The summed E-state index contributed by atoms with van der Waals surface area (Å²) in [5, 5.41) is 0. The van der Waals surface area contributed by atoms with E-state index in [1.54, 1.807) is 0 Å². The molecule has 0 bridgehead atoms. The van der Waals surface area contributed by atoms with E-state index in [1.165, 1.54) is 5.56 Å². The van der Waals surface area contributed by atoms with Gasteiger partial charge in [-0.15, -0.1) is 0 Å². The molecule has 1 heterocycles. The fourth-order valence-corrected chi connectivity index (χ4v) is 6.74. The van der Waals surface area contributed by atoms with Gasteiger partial charge in [0.25, 0.3) is 0 Å². The molecule has 0 aliphatic heterocycles. The molecule has 0 aliphatic rings. The van der Waals surface area contributed by atoms with Crippen molar-refractivity contribution in [1.82, 2.24) is 9.97 Å². The maximum Gasteiger partial charge on any atom is 0.160 e. The molecule has 2 heteroatoms. The van der Waals surface area contributed by atoms with Crippen LogP contribution < -0.4 is 0 Å². The summed E-state index contributed by atoms with van der Waals surface area (Å²) in [4.78, 5) is 10.7. The maximum absolute atomic E-state index is 5.34. The highest BCUT2D eigenvalue weighted by Gasteiger charge is 2.18. The number of hydrogen-bond donors (Lipinski definition) is 0. The zero-order valence-electron chi connectivity index (χ0n) is 29.8. The Balaban J connectivity index is 1.38. The van der Waals surface area contributed by atoms with E-state index in [0.717, 1.165) is 72.6 Å². The van der Waals surface area contributed by atoms with Gasteiger partial charge in [-0.1, -0.05) is 160 Å². The van der Waals surface area contributed by atoms with E-state index < -0.39 is 0 Å². The first-order chi connectivity index (χ1) is 25.4. The van der Waals surface area contributed by atoms with Crippen molar-refractivity contribution in [3.05, 3.63) is 194 Å². The van der Waals surface area contributed by atoms with Gasteiger partial charge in [-0.25, -0.2) is 9.97 Å². The van der Waals surface area contributed by atoms with Gasteiger partial charge in [0.1, 0.15) is 0 Å². The molecule has 0 amide bonds. The zero-order chi connectivity index (χ0) is 35.5. The van der Waals surface area contributed by atoms with Crippen LogP contribution >= 0.6 is 0 Å². The molecular weight excluding hydrogens is 629 g/mol. The monoisotopic (exact) mass is 668 g/mol. The first-order valence-electron chi connectivity index (χ1n) is 17.9. The van der Waals surface area contributed by atoms with Crippen LogP contribution in [0.25, 0.3) is 78.4 Å². The molecule has 8 rings (SSSR count). The van der Waals surface area contributed by atoms with Crippen LogP contribution in [0, 0.1) is 0 Å². The molecule has 0 radical (unpaired) electrons. The van der Waals surface area contributed by atoms with Gasteiger partial charge < -0.3 is 0 Å². The van der Waals surface area contributed by atoms with Crippen molar-refractivity contribution in [2.24, 2.45) is 0 Å². The number of benzene rings is 7. The van der Waals surface area contributed by atoms with E-state index in [4.69, 9.17) is 9.97 Å². The van der Waals surface area contributed by atoms with Crippen LogP contribution in [0.4, 0.5) is 0 Å². The van der Waals surface area contributed by atoms with Gasteiger partial charge in [0.2, 0.25) is 0 Å². The van der Waals surface area contributed by atoms with Crippen LogP contribution in [0.15, 0.2) is 188 Å². The van der Waals surface area contributed by atoms with Crippen molar-refractivity contribution >= 4 is 0 Å². The molecule has 0 saturated heterocycles. The molecule has 52 heavy (non-hydrogen) atoms. The van der Waals surface area contributed by atoms with Gasteiger partial charge in [-0.2, -0.15) is 0 Å². The van der Waals surface area contributed by atoms with Gasteiger partial charge in [-0.3, -0.25) is 0 Å². The Bertz CT molecular complexity index is 2200. The third-order valence-electron chi connectivity index (χ3n) is 9.60. The molecule has 8 aromatic rings. The van der Waals surface area contributed by atoms with Crippen LogP contribution in [0.3, 0.4) is 0 Å². The maximum atomic E-state index is 5.34. The summed E-state index contributed by atoms with van der Waals surface area (Å²) >= 11 is 0. The van der Waals surface area contributed by atoms with Gasteiger partial charge >= 0.3 is 0 Å². The second-order valence-corrected chi connectivity index (χ2v) is 14.4. The van der Waals surface area contributed by atoms with Crippen LogP contribution in [0.2, 0.25) is 0 Å². The Morgan fingerprint density at radius 2 is 0.615 bits per heavy atom. The molecule has 0 unspecified atom stereocenters. The molecule has 0 spiro atoms. The minimum atomic E-state index is -0.0142. The summed E-state index contributed by atoms with van der Waals surface area (Å²) in [6, 6.07) is 66.8. The summed E-state index contributed by atoms with van der Waals surface area (Å²) in [7, 11) is 0. The Kier molecular flexibility index (Phi) is 8.89. The molecule has 7 aromatic carbocycles. The zero-order valence-corrected chi connectivity index (χ0v) is 29.8. The van der Waals surface area contributed by atoms with E-state index in [2.05, 4.69) is 209 Å². The van der Waals surface area contributed by atoms with E-state index in [9.17, 15) is 0 Å². The summed E-state index contributed by atoms with van der Waals surface area (Å²) in [5.74, 6) is 0.705. The third-order valence-corrected chi connectivity index (χ3v) is 9.60. The van der Waals surface area contributed by atoms with Crippen molar-refractivity contribution in [2.45, 2.75) is 26.2 Å². The number of aromatic nitrogens is 2. The van der Waals surface area contributed by atoms with Crippen molar-refractivity contribution in [3.63, 3.8) is 0 Å². The first-order valence-corrected chi connectivity index (χ1v) is 17.9. The van der Waals surface area contributed by atoms with Crippen molar-refractivity contribution in [3.8, 4) is 78.4 Å². The van der Waals surface area contributed by atoms with Crippen molar-refractivity contribution < 1.29 is 0 Å². The standard InChI is InChI=1S/C50H40N2/c1-50(2,3)46-26-16-25-39(33-46)49-51-47(44-29-40(35-17-8-4-9-18-35)27-41(30-44)36-19-10-5-11-20-36)34-48(52-49)45-31-42(37-21-12-6-13-22-37)28-43(32-45)38-23-14-7-15-24-38/h4-34H,1-3H3. The third kappa shape index (κ3) is 7.10. The van der Waals surface area contributed by atoms with Gasteiger partial charge in [0.15, 0.2) is 5.82 Å². The van der Waals surface area contributed by atoms with Gasteiger partial charge in [0, 0.05) is 16.7 Å². The lowest BCUT2D eigenvalue weighted by molar-refractivity contribution is 0.590. The van der Waals surface area contributed by atoms with Crippen LogP contribution in [0.5, 0.6) is 0 Å². The predicted octanol–water partition coefficient (Wildman–Crippen LogP) is 13.4. The second kappa shape index (κ2) is 14.1. The lowest BCUT2D eigenvalue weighted by Crippen LogP contribution is -2.11. The molecule has 250 valence electrons. The second-order valence-electron chi connectivity index (χ2n) is 14.4. The number of nitrogens with zero attached hydrogens (tertiary/aromatic N) is 2. The molecule has 0 saturated carbocycles.